The molecule has 5 fully saturated rings. The fraction of sp³-hybridized carbons (Fsp3) is 1.00. The highest BCUT2D eigenvalue weighted by Crippen LogP contribution is 2.85. The fourth-order valence-corrected chi connectivity index (χ4v) is 10.4. The smallest absolute Gasteiger partial charge is 0.0604 e. The number of rotatable bonds is 5. The van der Waals surface area contributed by atoms with Crippen molar-refractivity contribution >= 4 is 0 Å². The Labute approximate surface area is 174 Å². The van der Waals surface area contributed by atoms with Crippen molar-refractivity contribution in [2.45, 2.75) is 111 Å². The summed E-state index contributed by atoms with van der Waals surface area (Å²) in [4.78, 5) is 0. The summed E-state index contributed by atoms with van der Waals surface area (Å²) in [6.07, 6.45) is 15.4. The van der Waals surface area contributed by atoms with Crippen LogP contribution in [0.15, 0.2) is 0 Å². The molecule has 0 saturated heterocycles. The summed E-state index contributed by atoms with van der Waals surface area (Å²) in [6, 6.07) is 0. The van der Waals surface area contributed by atoms with Crippen molar-refractivity contribution in [3.05, 3.63) is 0 Å². The summed E-state index contributed by atoms with van der Waals surface area (Å²) in [6.45, 7) is 12.7. The molecule has 5 aliphatic rings. The maximum atomic E-state index is 11.1. The van der Waals surface area contributed by atoms with Gasteiger partial charge >= 0.3 is 0 Å². The van der Waals surface area contributed by atoms with Gasteiger partial charge in [-0.3, -0.25) is 0 Å². The van der Waals surface area contributed by atoms with Crippen LogP contribution in [0.3, 0.4) is 0 Å². The lowest BCUT2D eigenvalue weighted by molar-refractivity contribution is -0.0795. The lowest BCUT2D eigenvalue weighted by Crippen LogP contribution is -2.48. The topological polar surface area (TPSA) is 20.2 Å². The van der Waals surface area contributed by atoms with Crippen molar-refractivity contribution in [1.82, 2.24) is 0 Å². The normalized spacial score (nSPS) is 55.4. The van der Waals surface area contributed by atoms with Gasteiger partial charge in [-0.1, -0.05) is 60.3 Å². The summed E-state index contributed by atoms with van der Waals surface area (Å²) >= 11 is 0. The zero-order valence-corrected chi connectivity index (χ0v) is 19.3. The van der Waals surface area contributed by atoms with E-state index in [-0.39, 0.29) is 6.10 Å². The molecule has 0 amide bonds. The number of aliphatic hydroxyl groups excluding tert-OH is 1. The molecule has 1 nitrogen and oxygen atoms in total. The van der Waals surface area contributed by atoms with Crippen LogP contribution in [0.1, 0.15) is 105 Å². The van der Waals surface area contributed by atoms with Crippen molar-refractivity contribution < 1.29 is 5.11 Å². The van der Waals surface area contributed by atoms with Crippen LogP contribution in [0.25, 0.3) is 0 Å². The van der Waals surface area contributed by atoms with Gasteiger partial charge in [0.15, 0.2) is 0 Å². The van der Waals surface area contributed by atoms with Crippen LogP contribution in [0, 0.1) is 57.7 Å². The molecular weight excluding hydrogens is 340 g/mol. The van der Waals surface area contributed by atoms with Crippen LogP contribution in [0.4, 0.5) is 0 Å². The number of aliphatic hydroxyl groups is 1. The zero-order chi connectivity index (χ0) is 19.9. The Morgan fingerprint density at radius 2 is 1.68 bits per heavy atom. The molecule has 5 rings (SSSR count). The molecule has 1 heteroatoms. The molecule has 0 aromatic rings. The lowest BCUT2D eigenvalue weighted by atomic mass is 9.51. The van der Waals surface area contributed by atoms with Gasteiger partial charge in [-0.25, -0.2) is 0 Å². The van der Waals surface area contributed by atoms with E-state index in [4.69, 9.17) is 0 Å². The lowest BCUT2D eigenvalue weighted by Gasteiger charge is -2.54. The largest absolute Gasteiger partial charge is 0.393 e. The number of hydrogen-bond acceptors (Lipinski definition) is 1. The van der Waals surface area contributed by atoms with Gasteiger partial charge in [0, 0.05) is 5.41 Å². The van der Waals surface area contributed by atoms with E-state index >= 15 is 0 Å². The molecule has 0 radical (unpaired) electrons. The highest BCUT2D eigenvalue weighted by molar-refractivity contribution is 5.29. The Balaban J connectivity index is 1.36. The van der Waals surface area contributed by atoms with Crippen molar-refractivity contribution in [2.75, 3.05) is 0 Å². The van der Waals surface area contributed by atoms with Gasteiger partial charge in [-0.05, 0) is 97.2 Å². The second-order valence-corrected chi connectivity index (χ2v) is 13.0. The highest BCUT2D eigenvalue weighted by Gasteiger charge is 2.81. The molecule has 160 valence electrons. The molecular formula is C27H46O. The first-order chi connectivity index (χ1) is 13.3. The van der Waals surface area contributed by atoms with Crippen LogP contribution in [-0.2, 0) is 0 Å². The molecule has 1 spiro atoms. The molecule has 0 aromatic carbocycles. The van der Waals surface area contributed by atoms with E-state index in [0.717, 1.165) is 47.8 Å². The third-order valence-corrected chi connectivity index (χ3v) is 11.7. The van der Waals surface area contributed by atoms with Crippen molar-refractivity contribution in [1.29, 1.82) is 0 Å². The van der Waals surface area contributed by atoms with Crippen molar-refractivity contribution in [3.63, 3.8) is 0 Å². The van der Waals surface area contributed by atoms with Gasteiger partial charge in [0.25, 0.3) is 0 Å². The molecule has 0 aliphatic heterocycles. The quantitative estimate of drug-likeness (QED) is 0.535. The van der Waals surface area contributed by atoms with Gasteiger partial charge in [0.05, 0.1) is 6.10 Å². The van der Waals surface area contributed by atoms with Gasteiger partial charge in [0.1, 0.15) is 0 Å². The standard InChI is InChI=1S/C27H46O/c1-17(2)8-6-9-18(3)19-11-12-20-24-21(13-15-25(19,20)4)26(5)14-7-10-23(28)27(26)16-22(24)27/h17-24,28H,6-16H2,1-5H3/t18-,19-,20+,21?,22?,23-,24?,25-,26-,27-/m1/s1. The first kappa shape index (κ1) is 19.9. The predicted octanol–water partition coefficient (Wildman–Crippen LogP) is 7.08. The van der Waals surface area contributed by atoms with E-state index in [9.17, 15) is 5.11 Å². The average Bonchev–Trinajstić information content (AvgIpc) is 3.21. The van der Waals surface area contributed by atoms with E-state index in [2.05, 4.69) is 34.6 Å². The van der Waals surface area contributed by atoms with E-state index in [1.165, 1.54) is 64.2 Å². The van der Waals surface area contributed by atoms with Crippen LogP contribution in [0.2, 0.25) is 0 Å². The van der Waals surface area contributed by atoms with Crippen LogP contribution in [-0.4, -0.2) is 11.2 Å². The molecule has 28 heavy (non-hydrogen) atoms. The van der Waals surface area contributed by atoms with Crippen LogP contribution in [0.5, 0.6) is 0 Å². The van der Waals surface area contributed by atoms with Gasteiger partial charge < -0.3 is 5.11 Å². The summed E-state index contributed by atoms with van der Waals surface area (Å²) in [5.74, 6) is 6.43. The van der Waals surface area contributed by atoms with E-state index in [0.29, 0.717) is 16.2 Å². The molecule has 0 heterocycles. The maximum absolute atomic E-state index is 11.1. The molecule has 5 saturated carbocycles. The third-order valence-electron chi connectivity index (χ3n) is 11.7. The van der Waals surface area contributed by atoms with E-state index in [1.54, 1.807) is 0 Å². The second kappa shape index (κ2) is 6.48. The Morgan fingerprint density at radius 3 is 2.43 bits per heavy atom. The molecule has 0 aromatic heterocycles. The predicted molar refractivity (Wildman–Crippen MR) is 117 cm³/mol. The van der Waals surface area contributed by atoms with Crippen molar-refractivity contribution in [3.8, 4) is 0 Å². The minimum atomic E-state index is 0.0141. The maximum Gasteiger partial charge on any atom is 0.0604 e. The Kier molecular flexibility index (Phi) is 4.60. The van der Waals surface area contributed by atoms with Crippen LogP contribution >= 0.6 is 0 Å². The second-order valence-electron chi connectivity index (χ2n) is 13.0. The Bertz CT molecular complexity index is 611. The molecule has 5 aliphatic carbocycles. The monoisotopic (exact) mass is 386 g/mol. The SMILES string of the molecule is CC(C)CCC[C@@H](C)[C@H]1CC[C@H]2C3C(CC[C@]12C)[C@@]1(C)CCC[C@@H](O)[C@]12CC32. The summed E-state index contributed by atoms with van der Waals surface area (Å²) in [5, 5.41) is 11.1. The van der Waals surface area contributed by atoms with Crippen LogP contribution < -0.4 is 0 Å². The Hall–Kier alpha value is -0.0400. The van der Waals surface area contributed by atoms with Gasteiger partial charge in [-0.15, -0.1) is 0 Å². The van der Waals surface area contributed by atoms with E-state index in [1.807, 2.05) is 0 Å². The van der Waals surface area contributed by atoms with Crippen molar-refractivity contribution in [2.24, 2.45) is 57.7 Å². The molecule has 1 N–H and O–H groups in total. The molecule has 0 bridgehead atoms. The number of hydrogen-bond donors (Lipinski definition) is 1. The fourth-order valence-electron chi connectivity index (χ4n) is 10.4. The van der Waals surface area contributed by atoms with E-state index < -0.39 is 0 Å². The summed E-state index contributed by atoms with van der Waals surface area (Å²) in [7, 11) is 0. The minimum absolute atomic E-state index is 0.0141. The highest BCUT2D eigenvalue weighted by atomic mass is 16.3. The van der Waals surface area contributed by atoms with Gasteiger partial charge in [0.2, 0.25) is 0 Å². The van der Waals surface area contributed by atoms with Gasteiger partial charge in [-0.2, -0.15) is 0 Å². The number of fused-ring (bicyclic) bond motifs is 5. The molecule has 10 atom stereocenters. The minimum Gasteiger partial charge on any atom is -0.393 e. The first-order valence-corrected chi connectivity index (χ1v) is 12.9. The summed E-state index contributed by atoms with van der Waals surface area (Å²) in [5.41, 5.74) is 1.39. The summed E-state index contributed by atoms with van der Waals surface area (Å²) < 4.78 is 0. The third kappa shape index (κ3) is 2.41. The average molecular weight is 387 g/mol. The zero-order valence-electron chi connectivity index (χ0n) is 19.3. The first-order valence-electron chi connectivity index (χ1n) is 12.9. The Morgan fingerprint density at radius 1 is 0.893 bits per heavy atom. The molecule has 3 unspecified atom stereocenters.